The van der Waals surface area contributed by atoms with Crippen molar-refractivity contribution in [1.82, 2.24) is 15.3 Å². The van der Waals surface area contributed by atoms with E-state index in [0.717, 1.165) is 32.9 Å². The second-order valence-corrected chi connectivity index (χ2v) is 7.06. The number of pyridine rings is 2. The smallest absolute Gasteiger partial charge is 0.167 e. The minimum atomic E-state index is -0.501. The normalized spacial score (nSPS) is 11.0. The number of nitrogens with two attached hydrogens (primary N) is 1. The summed E-state index contributed by atoms with van der Waals surface area (Å²) in [6.45, 7) is 0.770. The molecular weight excluding hydrogens is 363 g/mol. The van der Waals surface area contributed by atoms with Crippen molar-refractivity contribution in [2.45, 2.75) is 6.54 Å². The third-order valence-corrected chi connectivity index (χ3v) is 5.17. The molecule has 0 radical (unpaired) electrons. The first-order valence-corrected chi connectivity index (χ1v) is 9.17. The van der Waals surface area contributed by atoms with Gasteiger partial charge in [-0.25, -0.2) is 4.39 Å². The summed E-state index contributed by atoms with van der Waals surface area (Å²) in [4.78, 5) is 9.89. The third kappa shape index (κ3) is 3.60. The lowest BCUT2D eigenvalue weighted by Crippen LogP contribution is -2.04. The summed E-state index contributed by atoms with van der Waals surface area (Å²) in [5, 5.41) is 3.10. The standard InChI is InChI=1S/C20H17FN4OS/c1-23-10-12-2-4-15(25-11-12)19-9-16-20(27-19)18(6-7-24-16)26-17-5-3-13(22)8-14(17)21/h2-9,11,23H,10,22H2,1H3. The molecule has 0 bridgehead atoms. The van der Waals surface area contributed by atoms with E-state index < -0.39 is 5.82 Å². The Kier molecular flexibility index (Phi) is 4.70. The zero-order valence-corrected chi connectivity index (χ0v) is 15.4. The van der Waals surface area contributed by atoms with Crippen molar-refractivity contribution in [3.8, 4) is 22.1 Å². The predicted molar refractivity (Wildman–Crippen MR) is 107 cm³/mol. The zero-order valence-electron chi connectivity index (χ0n) is 14.6. The minimum absolute atomic E-state index is 0.126. The summed E-state index contributed by atoms with van der Waals surface area (Å²) in [5.41, 5.74) is 8.71. The number of rotatable bonds is 5. The molecule has 136 valence electrons. The van der Waals surface area contributed by atoms with E-state index >= 15 is 0 Å². The van der Waals surface area contributed by atoms with Gasteiger partial charge in [0.15, 0.2) is 11.6 Å². The molecular formula is C20H17FN4OS. The molecule has 0 atom stereocenters. The molecule has 5 nitrogen and oxygen atoms in total. The average Bonchev–Trinajstić information content (AvgIpc) is 3.10. The molecule has 0 amide bonds. The number of nitrogens with zero attached hydrogens (tertiary/aromatic N) is 2. The fourth-order valence-electron chi connectivity index (χ4n) is 2.72. The lowest BCUT2D eigenvalue weighted by atomic mass is 10.2. The second-order valence-electron chi connectivity index (χ2n) is 6.01. The maximum Gasteiger partial charge on any atom is 0.167 e. The molecule has 27 heavy (non-hydrogen) atoms. The maximum atomic E-state index is 14.1. The highest BCUT2D eigenvalue weighted by Crippen LogP contribution is 2.39. The van der Waals surface area contributed by atoms with E-state index in [-0.39, 0.29) is 5.75 Å². The Morgan fingerprint density at radius 1 is 1.11 bits per heavy atom. The lowest BCUT2D eigenvalue weighted by molar-refractivity contribution is 0.447. The van der Waals surface area contributed by atoms with Crippen LogP contribution in [0.25, 0.3) is 20.8 Å². The van der Waals surface area contributed by atoms with Gasteiger partial charge in [-0.1, -0.05) is 6.07 Å². The van der Waals surface area contributed by atoms with Crippen molar-refractivity contribution in [2.75, 3.05) is 12.8 Å². The number of thiophene rings is 1. The van der Waals surface area contributed by atoms with Crippen molar-refractivity contribution in [3.05, 3.63) is 66.2 Å². The van der Waals surface area contributed by atoms with Gasteiger partial charge in [0.2, 0.25) is 0 Å². The number of hydrogen-bond acceptors (Lipinski definition) is 6. The van der Waals surface area contributed by atoms with Crippen LogP contribution in [0.3, 0.4) is 0 Å². The number of halogens is 1. The zero-order chi connectivity index (χ0) is 18.8. The Bertz CT molecular complexity index is 1100. The fraction of sp³-hybridized carbons (Fsp3) is 0.100. The Morgan fingerprint density at radius 2 is 2.00 bits per heavy atom. The van der Waals surface area contributed by atoms with E-state index in [1.165, 1.54) is 23.5 Å². The van der Waals surface area contributed by atoms with Crippen LogP contribution in [-0.4, -0.2) is 17.0 Å². The minimum Gasteiger partial charge on any atom is -0.453 e. The van der Waals surface area contributed by atoms with Crippen LogP contribution in [0.5, 0.6) is 11.5 Å². The molecule has 0 spiro atoms. The van der Waals surface area contributed by atoms with E-state index in [9.17, 15) is 4.39 Å². The van der Waals surface area contributed by atoms with Crippen LogP contribution in [-0.2, 0) is 6.54 Å². The molecule has 4 aromatic rings. The Balaban J connectivity index is 1.69. The van der Waals surface area contributed by atoms with E-state index in [0.29, 0.717) is 11.4 Å². The van der Waals surface area contributed by atoms with Gasteiger partial charge in [0.1, 0.15) is 5.75 Å². The van der Waals surface area contributed by atoms with Gasteiger partial charge < -0.3 is 15.8 Å². The van der Waals surface area contributed by atoms with Gasteiger partial charge in [-0.3, -0.25) is 9.97 Å². The molecule has 0 aliphatic rings. The molecule has 0 saturated carbocycles. The fourth-order valence-corrected chi connectivity index (χ4v) is 3.76. The number of ether oxygens (including phenoxy) is 1. The van der Waals surface area contributed by atoms with Gasteiger partial charge in [-0.05, 0) is 36.9 Å². The predicted octanol–water partition coefficient (Wildman–Crippen LogP) is 4.59. The SMILES string of the molecule is CNCc1ccc(-c2cc3nccc(Oc4ccc(N)cc4F)c3s2)nc1. The number of anilines is 1. The number of nitrogen functional groups attached to an aromatic ring is 1. The van der Waals surface area contributed by atoms with Gasteiger partial charge in [-0.15, -0.1) is 11.3 Å². The van der Waals surface area contributed by atoms with E-state index in [4.69, 9.17) is 10.5 Å². The number of fused-ring (bicyclic) bond motifs is 1. The Hall–Kier alpha value is -3.03. The van der Waals surface area contributed by atoms with E-state index in [2.05, 4.69) is 15.3 Å². The van der Waals surface area contributed by atoms with Crippen LogP contribution in [0.15, 0.2) is 54.9 Å². The van der Waals surface area contributed by atoms with Gasteiger partial charge in [0, 0.05) is 36.8 Å². The lowest BCUT2D eigenvalue weighted by Gasteiger charge is -2.07. The third-order valence-electron chi connectivity index (χ3n) is 4.01. The van der Waals surface area contributed by atoms with Gasteiger partial charge in [0.05, 0.1) is 20.8 Å². The highest BCUT2D eigenvalue weighted by Gasteiger charge is 2.13. The topological polar surface area (TPSA) is 73.1 Å². The summed E-state index contributed by atoms with van der Waals surface area (Å²) in [5.74, 6) is 0.173. The van der Waals surface area contributed by atoms with Crippen LogP contribution < -0.4 is 15.8 Å². The van der Waals surface area contributed by atoms with Gasteiger partial charge in [0.25, 0.3) is 0 Å². The van der Waals surface area contributed by atoms with E-state index in [1.807, 2.05) is 31.4 Å². The molecule has 0 unspecified atom stereocenters. The van der Waals surface area contributed by atoms with Crippen LogP contribution in [0, 0.1) is 5.82 Å². The van der Waals surface area contributed by atoms with Crippen molar-refractivity contribution in [3.63, 3.8) is 0 Å². The molecule has 3 N–H and O–H groups in total. The number of nitrogens with one attached hydrogen (secondary N) is 1. The number of aromatic nitrogens is 2. The monoisotopic (exact) mass is 380 g/mol. The quantitative estimate of drug-likeness (QED) is 0.495. The summed E-state index contributed by atoms with van der Waals surface area (Å²) in [6.07, 6.45) is 3.50. The molecule has 3 heterocycles. The highest BCUT2D eigenvalue weighted by atomic mass is 32.1. The Morgan fingerprint density at radius 3 is 2.74 bits per heavy atom. The molecule has 0 aliphatic heterocycles. The molecule has 7 heteroatoms. The summed E-state index contributed by atoms with van der Waals surface area (Å²) in [7, 11) is 1.90. The molecule has 1 aromatic carbocycles. The van der Waals surface area contributed by atoms with Crippen LogP contribution in [0.1, 0.15) is 5.56 Å². The van der Waals surface area contributed by atoms with Crippen molar-refractivity contribution in [2.24, 2.45) is 0 Å². The number of hydrogen-bond donors (Lipinski definition) is 2. The molecule has 4 rings (SSSR count). The first-order chi connectivity index (χ1) is 13.1. The van der Waals surface area contributed by atoms with Crippen molar-refractivity contribution < 1.29 is 9.13 Å². The molecule has 3 aromatic heterocycles. The number of benzene rings is 1. The van der Waals surface area contributed by atoms with Crippen molar-refractivity contribution in [1.29, 1.82) is 0 Å². The first-order valence-electron chi connectivity index (χ1n) is 8.35. The highest BCUT2D eigenvalue weighted by molar-refractivity contribution is 7.22. The maximum absolute atomic E-state index is 14.1. The summed E-state index contributed by atoms with van der Waals surface area (Å²) >= 11 is 1.51. The van der Waals surface area contributed by atoms with Gasteiger partial charge in [-0.2, -0.15) is 0 Å². The van der Waals surface area contributed by atoms with Crippen molar-refractivity contribution >= 4 is 27.2 Å². The van der Waals surface area contributed by atoms with Gasteiger partial charge >= 0.3 is 0 Å². The second kappa shape index (κ2) is 7.30. The molecule has 0 aliphatic carbocycles. The van der Waals surface area contributed by atoms with Crippen LogP contribution in [0.2, 0.25) is 0 Å². The Labute approximate surface area is 159 Å². The molecule has 0 saturated heterocycles. The van der Waals surface area contributed by atoms with Crippen LogP contribution in [0.4, 0.5) is 10.1 Å². The summed E-state index contributed by atoms with van der Waals surface area (Å²) < 4.78 is 20.7. The first kappa shape index (κ1) is 17.4. The molecule has 0 fully saturated rings. The van der Waals surface area contributed by atoms with Crippen LogP contribution >= 0.6 is 11.3 Å². The summed E-state index contributed by atoms with van der Waals surface area (Å²) in [6, 6.07) is 12.1. The average molecular weight is 380 g/mol. The largest absolute Gasteiger partial charge is 0.453 e. The van der Waals surface area contributed by atoms with E-state index in [1.54, 1.807) is 18.3 Å².